The lowest BCUT2D eigenvalue weighted by Crippen LogP contribution is -2.41. The van der Waals surface area contributed by atoms with Crippen LogP contribution < -0.4 is 5.32 Å². The van der Waals surface area contributed by atoms with Gasteiger partial charge >= 0.3 is 0 Å². The summed E-state index contributed by atoms with van der Waals surface area (Å²) in [5, 5.41) is 2.91. The third kappa shape index (κ3) is 7.78. The molecule has 0 spiro atoms. The minimum atomic E-state index is -0.135. The number of hydrogen-bond acceptors (Lipinski definition) is 2. The van der Waals surface area contributed by atoms with E-state index in [0.717, 1.165) is 0 Å². The number of carbonyl (C=O) groups excluding carboxylic acids is 1. The summed E-state index contributed by atoms with van der Waals surface area (Å²) in [6.45, 7) is 8.58. The third-order valence-corrected chi connectivity index (χ3v) is 1.50. The van der Waals surface area contributed by atoms with Crippen LogP contribution in [-0.4, -0.2) is 25.2 Å². The number of amides is 1. The van der Waals surface area contributed by atoms with Gasteiger partial charge < -0.3 is 10.1 Å². The zero-order valence-electron chi connectivity index (χ0n) is 9.31. The lowest BCUT2D eigenvalue weighted by Gasteiger charge is -2.21. The van der Waals surface area contributed by atoms with Crippen LogP contribution in [0.3, 0.4) is 0 Å². The van der Waals surface area contributed by atoms with Crippen molar-refractivity contribution in [2.45, 2.75) is 39.7 Å². The van der Waals surface area contributed by atoms with Gasteiger partial charge in [-0.25, -0.2) is 0 Å². The Morgan fingerprint density at radius 1 is 1.46 bits per heavy atom. The first-order valence-electron chi connectivity index (χ1n) is 4.65. The van der Waals surface area contributed by atoms with E-state index in [4.69, 9.17) is 4.74 Å². The van der Waals surface area contributed by atoms with Gasteiger partial charge in [0.05, 0.1) is 0 Å². The van der Waals surface area contributed by atoms with Gasteiger partial charge in [-0.15, -0.1) is 0 Å². The number of nitrogens with one attached hydrogen (secondary N) is 1. The number of hydrogen-bond donors (Lipinski definition) is 1. The normalized spacial score (nSPS) is 13.9. The number of methoxy groups -OCH3 is 1. The molecule has 78 valence electrons. The fourth-order valence-electron chi connectivity index (χ4n) is 1.13. The van der Waals surface area contributed by atoms with E-state index in [2.05, 4.69) is 5.32 Å². The molecular formula is C10H21NO2. The third-order valence-electron chi connectivity index (χ3n) is 1.50. The molecule has 0 aromatic heterocycles. The first kappa shape index (κ1) is 12.4. The summed E-state index contributed by atoms with van der Waals surface area (Å²) >= 11 is 0. The Balaban J connectivity index is 3.74. The monoisotopic (exact) mass is 187 g/mol. The van der Waals surface area contributed by atoms with Crippen molar-refractivity contribution in [3.8, 4) is 0 Å². The van der Waals surface area contributed by atoms with E-state index in [1.807, 2.05) is 27.7 Å². The molecule has 0 aromatic carbocycles. The molecule has 0 aliphatic carbocycles. The van der Waals surface area contributed by atoms with Gasteiger partial charge in [-0.05, 0) is 26.7 Å². The van der Waals surface area contributed by atoms with Crippen LogP contribution in [0.25, 0.3) is 0 Å². The van der Waals surface area contributed by atoms with Gasteiger partial charge in [0.2, 0.25) is 5.91 Å². The minimum Gasteiger partial charge on any atom is -0.384 e. The van der Waals surface area contributed by atoms with Crippen LogP contribution in [0.4, 0.5) is 0 Å². The molecule has 0 aliphatic rings. The molecule has 3 heteroatoms. The molecule has 0 aliphatic heterocycles. The quantitative estimate of drug-likeness (QED) is 0.725. The van der Waals surface area contributed by atoms with Crippen molar-refractivity contribution in [3.05, 3.63) is 0 Å². The molecule has 1 N–H and O–H groups in total. The second-order valence-corrected chi connectivity index (χ2v) is 4.56. The van der Waals surface area contributed by atoms with Crippen molar-refractivity contribution < 1.29 is 9.53 Å². The topological polar surface area (TPSA) is 38.3 Å². The maximum absolute atomic E-state index is 11.4. The second-order valence-electron chi connectivity index (χ2n) is 4.56. The lowest BCUT2D eigenvalue weighted by molar-refractivity contribution is -0.123. The summed E-state index contributed by atoms with van der Waals surface area (Å²) in [7, 11) is 1.65. The van der Waals surface area contributed by atoms with Gasteiger partial charge in [-0.2, -0.15) is 0 Å². The molecule has 0 aromatic rings. The molecule has 3 nitrogen and oxygen atoms in total. The van der Waals surface area contributed by atoms with Gasteiger partial charge in [-0.1, -0.05) is 6.92 Å². The van der Waals surface area contributed by atoms with E-state index in [1.54, 1.807) is 7.11 Å². The van der Waals surface area contributed by atoms with Crippen molar-refractivity contribution in [2.75, 3.05) is 13.7 Å². The Hall–Kier alpha value is -0.570. The summed E-state index contributed by atoms with van der Waals surface area (Å²) < 4.78 is 4.95. The average Bonchev–Trinajstić information content (AvgIpc) is 1.81. The van der Waals surface area contributed by atoms with E-state index in [0.29, 0.717) is 13.0 Å². The highest BCUT2D eigenvalue weighted by Crippen LogP contribution is 2.05. The second kappa shape index (κ2) is 5.22. The maximum Gasteiger partial charge on any atom is 0.220 e. The number of rotatable bonds is 4. The fraction of sp³-hybridized carbons (Fsp3) is 0.900. The Labute approximate surface area is 80.8 Å². The lowest BCUT2D eigenvalue weighted by atomic mass is 10.1. The molecule has 0 radical (unpaired) electrons. The zero-order chi connectivity index (χ0) is 10.5. The van der Waals surface area contributed by atoms with Crippen molar-refractivity contribution >= 4 is 5.91 Å². The van der Waals surface area contributed by atoms with E-state index < -0.39 is 0 Å². The molecule has 0 rings (SSSR count). The van der Waals surface area contributed by atoms with Crippen LogP contribution in [0.5, 0.6) is 0 Å². The van der Waals surface area contributed by atoms with Crippen LogP contribution >= 0.6 is 0 Å². The van der Waals surface area contributed by atoms with E-state index in [9.17, 15) is 4.79 Å². The molecule has 1 unspecified atom stereocenters. The highest BCUT2D eigenvalue weighted by molar-refractivity contribution is 5.76. The summed E-state index contributed by atoms with van der Waals surface area (Å²) in [4.78, 5) is 11.4. The van der Waals surface area contributed by atoms with Crippen LogP contribution in [-0.2, 0) is 9.53 Å². The van der Waals surface area contributed by atoms with Crippen LogP contribution in [0.15, 0.2) is 0 Å². The van der Waals surface area contributed by atoms with Gasteiger partial charge in [0.25, 0.3) is 0 Å². The van der Waals surface area contributed by atoms with E-state index >= 15 is 0 Å². The van der Waals surface area contributed by atoms with Crippen LogP contribution in [0.2, 0.25) is 0 Å². The molecule has 1 atom stereocenters. The standard InChI is InChI=1S/C10H21NO2/c1-8(7-13-5)6-9(12)11-10(2,3)4/h8H,6-7H2,1-5H3,(H,11,12). The van der Waals surface area contributed by atoms with Gasteiger partial charge in [0.15, 0.2) is 0 Å². The van der Waals surface area contributed by atoms with E-state index in [1.165, 1.54) is 0 Å². The molecule has 0 bridgehead atoms. The maximum atomic E-state index is 11.4. The SMILES string of the molecule is COCC(C)CC(=O)NC(C)(C)C. The minimum absolute atomic E-state index is 0.0945. The molecule has 1 amide bonds. The molecule has 13 heavy (non-hydrogen) atoms. The van der Waals surface area contributed by atoms with Crippen molar-refractivity contribution in [1.82, 2.24) is 5.32 Å². The summed E-state index contributed by atoms with van der Waals surface area (Å²) in [5.41, 5.74) is -0.135. The van der Waals surface area contributed by atoms with Gasteiger partial charge in [-0.3, -0.25) is 4.79 Å². The molecule has 0 heterocycles. The predicted molar refractivity (Wildman–Crippen MR) is 53.6 cm³/mol. The summed E-state index contributed by atoms with van der Waals surface area (Å²) in [5.74, 6) is 0.379. The number of ether oxygens (including phenoxy) is 1. The molecule has 0 fully saturated rings. The molecule has 0 saturated carbocycles. The fourth-order valence-corrected chi connectivity index (χ4v) is 1.13. The number of carbonyl (C=O) groups is 1. The van der Waals surface area contributed by atoms with Crippen molar-refractivity contribution in [1.29, 1.82) is 0 Å². The molecule has 0 saturated heterocycles. The van der Waals surface area contributed by atoms with E-state index in [-0.39, 0.29) is 17.4 Å². The van der Waals surface area contributed by atoms with Gasteiger partial charge in [0.1, 0.15) is 0 Å². The predicted octanol–water partition coefficient (Wildman–Crippen LogP) is 1.57. The van der Waals surface area contributed by atoms with Crippen LogP contribution in [0, 0.1) is 5.92 Å². The highest BCUT2D eigenvalue weighted by atomic mass is 16.5. The smallest absolute Gasteiger partial charge is 0.220 e. The van der Waals surface area contributed by atoms with Gasteiger partial charge in [0, 0.05) is 25.7 Å². The zero-order valence-corrected chi connectivity index (χ0v) is 9.31. The first-order valence-corrected chi connectivity index (χ1v) is 4.65. The highest BCUT2D eigenvalue weighted by Gasteiger charge is 2.15. The summed E-state index contributed by atoms with van der Waals surface area (Å²) in [6, 6.07) is 0. The first-order chi connectivity index (χ1) is 5.85. The van der Waals surface area contributed by atoms with Crippen molar-refractivity contribution in [3.63, 3.8) is 0 Å². The Morgan fingerprint density at radius 3 is 2.38 bits per heavy atom. The largest absolute Gasteiger partial charge is 0.384 e. The Kier molecular flexibility index (Phi) is 4.99. The summed E-state index contributed by atoms with van der Waals surface area (Å²) in [6.07, 6.45) is 0.533. The Morgan fingerprint density at radius 2 is 2.00 bits per heavy atom. The van der Waals surface area contributed by atoms with Crippen molar-refractivity contribution in [2.24, 2.45) is 5.92 Å². The average molecular weight is 187 g/mol. The molecular weight excluding hydrogens is 166 g/mol. The Bertz CT molecular complexity index is 161. The van der Waals surface area contributed by atoms with Crippen LogP contribution in [0.1, 0.15) is 34.1 Å².